The molecule has 1 aromatic heterocycles. The minimum atomic E-state index is 0.296. The standard InChI is InChI=1S/C10H5Cl4N/c11-4-5-3-6-7(12)1-2-8(13)9(6)15-10(5)14/h1-3H,4H2. The fourth-order valence-corrected chi connectivity index (χ4v) is 2.20. The first-order valence-corrected chi connectivity index (χ1v) is 5.79. The molecule has 5 heteroatoms. The average molecular weight is 281 g/mol. The van der Waals surface area contributed by atoms with Crippen LogP contribution in [0, 0.1) is 0 Å². The van der Waals surface area contributed by atoms with E-state index in [1.54, 1.807) is 12.1 Å². The van der Waals surface area contributed by atoms with Gasteiger partial charge in [-0.1, -0.05) is 34.8 Å². The van der Waals surface area contributed by atoms with Gasteiger partial charge in [-0.2, -0.15) is 0 Å². The zero-order chi connectivity index (χ0) is 11.0. The molecule has 1 aromatic carbocycles. The number of rotatable bonds is 1. The zero-order valence-corrected chi connectivity index (χ0v) is 10.4. The van der Waals surface area contributed by atoms with Gasteiger partial charge in [0.15, 0.2) is 0 Å². The lowest BCUT2D eigenvalue weighted by atomic mass is 10.2. The molecule has 15 heavy (non-hydrogen) atoms. The summed E-state index contributed by atoms with van der Waals surface area (Å²) in [7, 11) is 0. The Morgan fingerprint density at radius 2 is 1.73 bits per heavy atom. The van der Waals surface area contributed by atoms with Gasteiger partial charge in [-0.05, 0) is 18.2 Å². The van der Waals surface area contributed by atoms with Gasteiger partial charge < -0.3 is 0 Å². The molecule has 0 unspecified atom stereocenters. The Kier molecular flexibility index (Phi) is 3.27. The fourth-order valence-electron chi connectivity index (χ4n) is 1.31. The maximum Gasteiger partial charge on any atom is 0.134 e. The number of nitrogens with zero attached hydrogens (tertiary/aromatic N) is 1. The third-order valence-electron chi connectivity index (χ3n) is 2.05. The maximum absolute atomic E-state index is 6.03. The summed E-state index contributed by atoms with van der Waals surface area (Å²) in [5.41, 5.74) is 1.35. The van der Waals surface area contributed by atoms with E-state index in [0.29, 0.717) is 26.6 Å². The van der Waals surface area contributed by atoms with E-state index in [0.717, 1.165) is 10.9 Å². The normalized spacial score (nSPS) is 10.9. The second kappa shape index (κ2) is 4.34. The molecule has 2 rings (SSSR count). The van der Waals surface area contributed by atoms with Gasteiger partial charge >= 0.3 is 0 Å². The highest BCUT2D eigenvalue weighted by atomic mass is 35.5. The summed E-state index contributed by atoms with van der Waals surface area (Å²) in [6.07, 6.45) is 0. The molecule has 0 N–H and O–H groups in total. The van der Waals surface area contributed by atoms with E-state index in [1.807, 2.05) is 6.07 Å². The third-order valence-corrected chi connectivity index (χ3v) is 3.30. The van der Waals surface area contributed by atoms with E-state index >= 15 is 0 Å². The monoisotopic (exact) mass is 279 g/mol. The molecule has 0 bridgehead atoms. The van der Waals surface area contributed by atoms with Crippen molar-refractivity contribution in [1.82, 2.24) is 4.98 Å². The Balaban J connectivity index is 2.86. The molecule has 1 nitrogen and oxygen atoms in total. The summed E-state index contributed by atoms with van der Waals surface area (Å²) in [6, 6.07) is 5.22. The van der Waals surface area contributed by atoms with Crippen LogP contribution < -0.4 is 0 Å². The lowest BCUT2D eigenvalue weighted by Gasteiger charge is -2.05. The summed E-state index contributed by atoms with van der Waals surface area (Å²) in [5.74, 6) is 0.296. The Labute approximate surface area is 107 Å². The first-order chi connectivity index (χ1) is 7.13. The maximum atomic E-state index is 6.03. The van der Waals surface area contributed by atoms with Crippen molar-refractivity contribution in [3.63, 3.8) is 0 Å². The molecule has 0 atom stereocenters. The molecule has 0 aliphatic rings. The van der Waals surface area contributed by atoms with Crippen LogP contribution in [0.25, 0.3) is 10.9 Å². The minimum absolute atomic E-state index is 0.296. The highest BCUT2D eigenvalue weighted by Crippen LogP contribution is 2.31. The molecule has 0 saturated carbocycles. The largest absolute Gasteiger partial charge is 0.234 e. The molecule has 0 amide bonds. The second-order valence-electron chi connectivity index (χ2n) is 3.00. The van der Waals surface area contributed by atoms with E-state index in [9.17, 15) is 0 Å². The molecule has 0 aliphatic carbocycles. The van der Waals surface area contributed by atoms with Crippen molar-refractivity contribution in [2.75, 3.05) is 0 Å². The predicted octanol–water partition coefficient (Wildman–Crippen LogP) is 4.93. The summed E-state index contributed by atoms with van der Waals surface area (Å²) >= 11 is 23.7. The Morgan fingerprint density at radius 1 is 1.07 bits per heavy atom. The van der Waals surface area contributed by atoms with Crippen LogP contribution in [-0.4, -0.2) is 4.98 Å². The van der Waals surface area contributed by atoms with E-state index in [-0.39, 0.29) is 0 Å². The number of halogens is 4. The fraction of sp³-hybridized carbons (Fsp3) is 0.100. The van der Waals surface area contributed by atoms with Gasteiger partial charge in [0.2, 0.25) is 0 Å². The van der Waals surface area contributed by atoms with Crippen LogP contribution >= 0.6 is 46.4 Å². The van der Waals surface area contributed by atoms with Crippen molar-refractivity contribution in [3.8, 4) is 0 Å². The Hall–Kier alpha value is -0.210. The van der Waals surface area contributed by atoms with Gasteiger partial charge in [-0.3, -0.25) is 0 Å². The zero-order valence-electron chi connectivity index (χ0n) is 7.40. The third kappa shape index (κ3) is 2.02. The summed E-state index contributed by atoms with van der Waals surface area (Å²) in [5, 5.41) is 2.24. The molecule has 0 spiro atoms. The SMILES string of the molecule is ClCc1cc2c(Cl)ccc(Cl)c2nc1Cl. The van der Waals surface area contributed by atoms with Crippen molar-refractivity contribution in [3.05, 3.63) is 39.0 Å². The summed E-state index contributed by atoms with van der Waals surface area (Å²) < 4.78 is 0. The summed E-state index contributed by atoms with van der Waals surface area (Å²) in [6.45, 7) is 0. The quantitative estimate of drug-likeness (QED) is 0.533. The molecule has 0 saturated heterocycles. The number of alkyl halides is 1. The number of fused-ring (bicyclic) bond motifs is 1. The molecule has 2 aromatic rings. The lowest BCUT2D eigenvalue weighted by molar-refractivity contribution is 1.30. The van der Waals surface area contributed by atoms with Crippen molar-refractivity contribution in [2.24, 2.45) is 0 Å². The molecule has 0 aliphatic heterocycles. The first-order valence-electron chi connectivity index (χ1n) is 4.12. The number of hydrogen-bond donors (Lipinski definition) is 0. The Bertz CT molecular complexity index is 524. The van der Waals surface area contributed by atoms with E-state index in [4.69, 9.17) is 46.4 Å². The van der Waals surface area contributed by atoms with Crippen LogP contribution in [0.3, 0.4) is 0 Å². The molecule has 0 radical (unpaired) electrons. The van der Waals surface area contributed by atoms with Crippen LogP contribution in [-0.2, 0) is 5.88 Å². The van der Waals surface area contributed by atoms with Crippen LogP contribution in [0.1, 0.15) is 5.56 Å². The number of pyridine rings is 1. The molecular weight excluding hydrogens is 276 g/mol. The average Bonchev–Trinajstić information content (AvgIpc) is 2.23. The lowest BCUT2D eigenvalue weighted by Crippen LogP contribution is -1.88. The summed E-state index contributed by atoms with van der Waals surface area (Å²) in [4.78, 5) is 4.17. The van der Waals surface area contributed by atoms with Crippen molar-refractivity contribution < 1.29 is 0 Å². The van der Waals surface area contributed by atoms with Gasteiger partial charge in [0.25, 0.3) is 0 Å². The van der Waals surface area contributed by atoms with E-state index in [1.165, 1.54) is 0 Å². The molecule has 78 valence electrons. The van der Waals surface area contributed by atoms with Gasteiger partial charge in [-0.25, -0.2) is 4.98 Å². The topological polar surface area (TPSA) is 12.9 Å². The Morgan fingerprint density at radius 3 is 2.40 bits per heavy atom. The number of aromatic nitrogens is 1. The van der Waals surface area contributed by atoms with E-state index in [2.05, 4.69) is 4.98 Å². The van der Waals surface area contributed by atoms with Gasteiger partial charge in [0.1, 0.15) is 5.15 Å². The van der Waals surface area contributed by atoms with Crippen LogP contribution in [0.15, 0.2) is 18.2 Å². The van der Waals surface area contributed by atoms with Gasteiger partial charge in [-0.15, -0.1) is 11.6 Å². The van der Waals surface area contributed by atoms with E-state index < -0.39 is 0 Å². The van der Waals surface area contributed by atoms with Gasteiger partial charge in [0, 0.05) is 10.9 Å². The van der Waals surface area contributed by atoms with Crippen molar-refractivity contribution in [2.45, 2.75) is 5.88 Å². The molecule has 0 fully saturated rings. The smallest absolute Gasteiger partial charge is 0.134 e. The van der Waals surface area contributed by atoms with Gasteiger partial charge in [0.05, 0.1) is 21.4 Å². The number of benzene rings is 1. The van der Waals surface area contributed by atoms with Crippen molar-refractivity contribution in [1.29, 1.82) is 0 Å². The minimum Gasteiger partial charge on any atom is -0.234 e. The molecular formula is C10H5Cl4N. The van der Waals surface area contributed by atoms with Crippen LogP contribution in [0.5, 0.6) is 0 Å². The predicted molar refractivity (Wildman–Crippen MR) is 66.3 cm³/mol. The van der Waals surface area contributed by atoms with Crippen molar-refractivity contribution >= 4 is 57.3 Å². The highest BCUT2D eigenvalue weighted by Gasteiger charge is 2.09. The van der Waals surface area contributed by atoms with Crippen LogP contribution in [0.4, 0.5) is 0 Å². The second-order valence-corrected chi connectivity index (χ2v) is 4.44. The first kappa shape index (κ1) is 11.3. The highest BCUT2D eigenvalue weighted by molar-refractivity contribution is 6.40. The molecule has 1 heterocycles. The number of hydrogen-bond acceptors (Lipinski definition) is 1. The van der Waals surface area contributed by atoms with Crippen LogP contribution in [0.2, 0.25) is 15.2 Å².